The van der Waals surface area contributed by atoms with Gasteiger partial charge in [-0.1, -0.05) is 19.3 Å². The Balaban J connectivity index is 1.84. The molecule has 2 aromatic rings. The largest absolute Gasteiger partial charge is 0.478 e. The number of aromatic nitrogens is 3. The number of ether oxygens (including phenoxy) is 1. The summed E-state index contributed by atoms with van der Waals surface area (Å²) in [6.45, 7) is 1.18. The number of carboxylic acids is 1. The van der Waals surface area contributed by atoms with Crippen molar-refractivity contribution >= 4 is 17.1 Å². The maximum Gasteiger partial charge on any atom is 0.337 e. The molecule has 1 saturated carbocycles. The van der Waals surface area contributed by atoms with Gasteiger partial charge in [0.05, 0.1) is 23.7 Å². The van der Waals surface area contributed by atoms with Crippen LogP contribution in [-0.4, -0.2) is 37.9 Å². The zero-order valence-electron chi connectivity index (χ0n) is 14.2. The minimum Gasteiger partial charge on any atom is -0.478 e. The summed E-state index contributed by atoms with van der Waals surface area (Å²) in [6, 6.07) is 1.72. The average molecular weight is 345 g/mol. The molecule has 4 rings (SSSR count). The molecular weight excluding hydrogens is 322 g/mol. The Bertz CT molecular complexity index is 842. The summed E-state index contributed by atoms with van der Waals surface area (Å²) in [5.74, 6) is -1.03. The molecule has 2 aliphatic rings. The normalized spacial score (nSPS) is 21.8. The van der Waals surface area contributed by atoms with Crippen molar-refractivity contribution in [3.8, 4) is 0 Å². The third kappa shape index (κ3) is 2.97. The Hall–Kier alpha value is -2.15. The minimum absolute atomic E-state index is 0.0107. The van der Waals surface area contributed by atoms with Crippen LogP contribution in [0.25, 0.3) is 11.2 Å². The van der Waals surface area contributed by atoms with Gasteiger partial charge in [-0.2, -0.15) is 0 Å². The molecule has 7 nitrogen and oxygen atoms in total. The molecule has 0 radical (unpaired) electrons. The fourth-order valence-electron chi connectivity index (χ4n) is 4.11. The molecule has 1 aliphatic carbocycles. The number of nitrogens with zero attached hydrogens (tertiary/aromatic N) is 3. The molecule has 1 atom stereocenters. The predicted octanol–water partition coefficient (Wildman–Crippen LogP) is 2.58. The van der Waals surface area contributed by atoms with Crippen molar-refractivity contribution in [3.63, 3.8) is 0 Å². The first-order valence-electron chi connectivity index (χ1n) is 9.11. The SMILES string of the molecule is O=C(O)c1cnc2c(c1)n(C[C@@H]1CCCO1)c(=O)n2C1CCCCC1. The van der Waals surface area contributed by atoms with Crippen LogP contribution >= 0.6 is 0 Å². The summed E-state index contributed by atoms with van der Waals surface area (Å²) in [4.78, 5) is 28.8. The first kappa shape index (κ1) is 16.3. The van der Waals surface area contributed by atoms with Crippen LogP contribution in [-0.2, 0) is 11.3 Å². The predicted molar refractivity (Wildman–Crippen MR) is 92.0 cm³/mol. The molecule has 3 heterocycles. The molecular formula is C18H23N3O4. The van der Waals surface area contributed by atoms with Crippen molar-refractivity contribution in [2.45, 2.75) is 63.6 Å². The Labute approximate surface area is 145 Å². The van der Waals surface area contributed by atoms with Gasteiger partial charge in [-0.25, -0.2) is 14.6 Å². The lowest BCUT2D eigenvalue weighted by atomic mass is 9.95. The van der Waals surface area contributed by atoms with Crippen molar-refractivity contribution in [1.29, 1.82) is 0 Å². The molecule has 7 heteroatoms. The van der Waals surface area contributed by atoms with Crippen LogP contribution < -0.4 is 5.69 Å². The second-order valence-electron chi connectivity index (χ2n) is 7.06. The van der Waals surface area contributed by atoms with Gasteiger partial charge >= 0.3 is 11.7 Å². The van der Waals surface area contributed by atoms with E-state index in [0.29, 0.717) is 17.7 Å². The number of aromatic carboxylic acids is 1. The highest BCUT2D eigenvalue weighted by Crippen LogP contribution is 2.30. The molecule has 0 aromatic carbocycles. The Morgan fingerprint density at radius 1 is 1.24 bits per heavy atom. The summed E-state index contributed by atoms with van der Waals surface area (Å²) < 4.78 is 9.14. The maximum atomic E-state index is 13.1. The lowest BCUT2D eigenvalue weighted by Gasteiger charge is -2.22. The van der Waals surface area contributed by atoms with Crippen LogP contribution in [0.3, 0.4) is 0 Å². The van der Waals surface area contributed by atoms with Crippen LogP contribution in [0.2, 0.25) is 0 Å². The minimum atomic E-state index is -1.03. The number of rotatable bonds is 4. The smallest absolute Gasteiger partial charge is 0.337 e. The van der Waals surface area contributed by atoms with Crippen LogP contribution in [0.4, 0.5) is 0 Å². The topological polar surface area (TPSA) is 86.3 Å². The first-order chi connectivity index (χ1) is 12.1. The van der Waals surface area contributed by atoms with Crippen molar-refractivity contribution < 1.29 is 14.6 Å². The van der Waals surface area contributed by atoms with Crippen LogP contribution in [0.1, 0.15) is 61.3 Å². The number of pyridine rings is 1. The third-order valence-electron chi connectivity index (χ3n) is 5.40. The van der Waals surface area contributed by atoms with Crippen molar-refractivity contribution in [3.05, 3.63) is 28.3 Å². The summed E-state index contributed by atoms with van der Waals surface area (Å²) >= 11 is 0. The van der Waals surface area contributed by atoms with Crippen molar-refractivity contribution in [1.82, 2.24) is 14.1 Å². The van der Waals surface area contributed by atoms with Gasteiger partial charge in [0.25, 0.3) is 0 Å². The quantitative estimate of drug-likeness (QED) is 0.920. The zero-order chi connectivity index (χ0) is 17.4. The molecule has 0 bridgehead atoms. The van der Waals surface area contributed by atoms with E-state index in [2.05, 4.69) is 4.98 Å². The monoisotopic (exact) mass is 345 g/mol. The van der Waals surface area contributed by atoms with E-state index < -0.39 is 5.97 Å². The fraction of sp³-hybridized carbons (Fsp3) is 0.611. The van der Waals surface area contributed by atoms with E-state index >= 15 is 0 Å². The fourth-order valence-corrected chi connectivity index (χ4v) is 4.11. The zero-order valence-corrected chi connectivity index (χ0v) is 14.2. The standard InChI is InChI=1S/C18H23N3O4/c22-17(23)12-9-15-16(19-10-12)21(13-5-2-1-3-6-13)18(24)20(15)11-14-7-4-8-25-14/h9-10,13-14H,1-8,11H2,(H,22,23)/t14-/m0/s1. The van der Waals surface area contributed by atoms with Gasteiger partial charge in [0.15, 0.2) is 5.65 Å². The van der Waals surface area contributed by atoms with Gasteiger partial charge < -0.3 is 9.84 Å². The molecule has 1 saturated heterocycles. The second-order valence-corrected chi connectivity index (χ2v) is 7.06. The molecule has 0 spiro atoms. The maximum absolute atomic E-state index is 13.1. The van der Waals surface area contributed by atoms with Gasteiger partial charge in [0.1, 0.15) is 0 Å². The van der Waals surface area contributed by atoms with Crippen LogP contribution in [0.5, 0.6) is 0 Å². The summed E-state index contributed by atoms with van der Waals surface area (Å²) in [6.07, 6.45) is 8.66. The van der Waals surface area contributed by atoms with E-state index in [1.54, 1.807) is 15.2 Å². The summed E-state index contributed by atoms with van der Waals surface area (Å²) in [7, 11) is 0. The Morgan fingerprint density at radius 2 is 2.04 bits per heavy atom. The number of imidazole rings is 1. The number of hydrogen-bond donors (Lipinski definition) is 1. The average Bonchev–Trinajstić information content (AvgIpc) is 3.22. The lowest BCUT2D eigenvalue weighted by molar-refractivity contribution is 0.0696. The molecule has 2 fully saturated rings. The summed E-state index contributed by atoms with van der Waals surface area (Å²) in [5.41, 5.74) is 1.22. The van der Waals surface area contributed by atoms with Crippen LogP contribution in [0.15, 0.2) is 17.1 Å². The van der Waals surface area contributed by atoms with Gasteiger partial charge in [0.2, 0.25) is 0 Å². The highest BCUT2D eigenvalue weighted by Gasteiger charge is 2.26. The molecule has 25 heavy (non-hydrogen) atoms. The van der Waals surface area contributed by atoms with E-state index in [1.807, 2.05) is 0 Å². The lowest BCUT2D eigenvalue weighted by Crippen LogP contribution is -2.31. The number of fused-ring (bicyclic) bond motifs is 1. The van der Waals surface area contributed by atoms with Crippen LogP contribution in [0, 0.1) is 0 Å². The van der Waals surface area contributed by atoms with Gasteiger partial charge in [0, 0.05) is 18.8 Å². The third-order valence-corrected chi connectivity index (χ3v) is 5.40. The van der Waals surface area contributed by atoms with E-state index in [9.17, 15) is 14.7 Å². The number of carboxylic acid groups (broad SMARTS) is 1. The van der Waals surface area contributed by atoms with E-state index in [4.69, 9.17) is 4.74 Å². The first-order valence-corrected chi connectivity index (χ1v) is 9.11. The highest BCUT2D eigenvalue weighted by molar-refractivity contribution is 5.91. The molecule has 0 amide bonds. The molecule has 0 unspecified atom stereocenters. The molecule has 2 aromatic heterocycles. The molecule has 1 N–H and O–H groups in total. The van der Waals surface area contributed by atoms with Crippen molar-refractivity contribution in [2.75, 3.05) is 6.61 Å². The molecule has 134 valence electrons. The Morgan fingerprint density at radius 3 is 2.72 bits per heavy atom. The van der Waals surface area contributed by atoms with Gasteiger partial charge in [-0.3, -0.25) is 9.13 Å². The van der Waals surface area contributed by atoms with Gasteiger partial charge in [-0.05, 0) is 31.7 Å². The van der Waals surface area contributed by atoms with E-state index in [0.717, 1.165) is 45.1 Å². The van der Waals surface area contributed by atoms with E-state index in [1.165, 1.54) is 12.6 Å². The van der Waals surface area contributed by atoms with E-state index in [-0.39, 0.29) is 23.4 Å². The molecule has 1 aliphatic heterocycles. The second kappa shape index (κ2) is 6.63. The Kier molecular flexibility index (Phi) is 4.33. The number of hydrogen-bond acceptors (Lipinski definition) is 4. The van der Waals surface area contributed by atoms with Gasteiger partial charge in [-0.15, -0.1) is 0 Å². The van der Waals surface area contributed by atoms with Crippen molar-refractivity contribution in [2.24, 2.45) is 0 Å². The highest BCUT2D eigenvalue weighted by atomic mass is 16.5. The summed E-state index contributed by atoms with van der Waals surface area (Å²) in [5, 5.41) is 9.29. The number of carbonyl (C=O) groups is 1.